The first-order chi connectivity index (χ1) is 7.34. The third kappa shape index (κ3) is 3.11. The lowest BCUT2D eigenvalue weighted by Gasteiger charge is -2.20. The van der Waals surface area contributed by atoms with Crippen molar-refractivity contribution in [2.75, 3.05) is 0 Å². The van der Waals surface area contributed by atoms with Crippen LogP contribution < -0.4 is 0 Å². The highest BCUT2D eigenvalue weighted by Crippen LogP contribution is 2.24. The first kappa shape index (κ1) is 8.94. The summed E-state index contributed by atoms with van der Waals surface area (Å²) in [6, 6.07) is 0.632. The lowest BCUT2D eigenvalue weighted by atomic mass is 9.90. The molecule has 2 aliphatic carbocycles. The van der Waals surface area contributed by atoms with Crippen molar-refractivity contribution in [1.29, 1.82) is 0 Å². The van der Waals surface area contributed by atoms with Gasteiger partial charge in [0.2, 0.25) is 0 Å². The fourth-order valence-electron chi connectivity index (χ4n) is 2.58. The highest BCUT2D eigenvalue weighted by Gasteiger charge is 2.14. The van der Waals surface area contributed by atoms with Crippen LogP contribution in [0.2, 0.25) is 0 Å². The van der Waals surface area contributed by atoms with Crippen molar-refractivity contribution in [3.05, 3.63) is 0 Å². The molecule has 80 valence electrons. The van der Waals surface area contributed by atoms with Crippen molar-refractivity contribution in [1.82, 2.24) is 0 Å². The minimum absolute atomic E-state index is 0.212. The third-order valence-corrected chi connectivity index (χ3v) is 3.57. The Balaban J connectivity index is 1.73. The number of rotatable bonds is 2. The molecule has 0 aromatic carbocycles. The molecule has 0 N–H and O–H groups in total. The topological polar surface area (TPSA) is 12.4 Å². The molecule has 2 aliphatic rings. The van der Waals surface area contributed by atoms with Gasteiger partial charge in [-0.1, -0.05) is 38.5 Å². The van der Waals surface area contributed by atoms with Gasteiger partial charge in [0.1, 0.15) is 0 Å². The Morgan fingerprint density at radius 3 is 2.36 bits per heavy atom. The quantitative estimate of drug-likeness (QED) is 0.590. The lowest BCUT2D eigenvalue weighted by molar-refractivity contribution is 0.427. The van der Waals surface area contributed by atoms with E-state index in [2.05, 4.69) is 6.21 Å². The van der Waals surface area contributed by atoms with Gasteiger partial charge < -0.3 is 0 Å². The van der Waals surface area contributed by atoms with Crippen molar-refractivity contribution in [2.24, 2.45) is 10.9 Å². The van der Waals surface area contributed by atoms with E-state index in [9.17, 15) is 0 Å². The standard InChI is InChI=1S/C13H23N/c1-3-7-12(8-4-1)11-14-13-9-5-2-6-10-13/h11-13H,1-10H2/i1D. The minimum atomic E-state index is 0.212. The van der Waals surface area contributed by atoms with Crippen LogP contribution in [0.5, 0.6) is 0 Å². The van der Waals surface area contributed by atoms with E-state index >= 15 is 0 Å². The van der Waals surface area contributed by atoms with E-state index in [0.717, 1.165) is 12.8 Å². The van der Waals surface area contributed by atoms with Gasteiger partial charge in [-0.15, -0.1) is 0 Å². The number of hydrogen-bond acceptors (Lipinski definition) is 1. The molecule has 0 amide bonds. The Morgan fingerprint density at radius 1 is 0.929 bits per heavy atom. The maximum Gasteiger partial charge on any atom is 0.0495 e. The number of hydrogen-bond donors (Lipinski definition) is 0. The molecule has 0 atom stereocenters. The molecule has 0 unspecified atom stereocenters. The second kappa shape index (κ2) is 5.53. The van der Waals surface area contributed by atoms with Crippen LogP contribution in [0.4, 0.5) is 0 Å². The molecule has 1 nitrogen and oxygen atoms in total. The van der Waals surface area contributed by atoms with Gasteiger partial charge in [-0.3, -0.25) is 4.99 Å². The van der Waals surface area contributed by atoms with Crippen LogP contribution in [0.15, 0.2) is 4.99 Å². The summed E-state index contributed by atoms with van der Waals surface area (Å²) in [6.07, 6.45) is 13.8. The molecule has 2 rings (SSSR count). The van der Waals surface area contributed by atoms with Crippen LogP contribution in [0.3, 0.4) is 0 Å². The predicted molar refractivity (Wildman–Crippen MR) is 61.9 cm³/mol. The monoisotopic (exact) mass is 194 g/mol. The van der Waals surface area contributed by atoms with Crippen LogP contribution in [0.25, 0.3) is 0 Å². The second-order valence-corrected chi connectivity index (χ2v) is 4.79. The summed E-state index contributed by atoms with van der Waals surface area (Å²) in [5.74, 6) is 0.688. The Hall–Kier alpha value is -0.330. The van der Waals surface area contributed by atoms with Gasteiger partial charge in [0, 0.05) is 13.6 Å². The Labute approximate surface area is 89.4 Å². The van der Waals surface area contributed by atoms with E-state index in [-0.39, 0.29) is 6.40 Å². The number of nitrogens with zero attached hydrogens (tertiary/aromatic N) is 1. The zero-order valence-electron chi connectivity index (χ0n) is 10.1. The van der Waals surface area contributed by atoms with Crippen LogP contribution in [0.1, 0.15) is 65.6 Å². The van der Waals surface area contributed by atoms with Gasteiger partial charge in [-0.25, -0.2) is 0 Å². The second-order valence-electron chi connectivity index (χ2n) is 4.79. The van der Waals surface area contributed by atoms with E-state index in [0.29, 0.717) is 12.0 Å². The van der Waals surface area contributed by atoms with Gasteiger partial charge >= 0.3 is 0 Å². The summed E-state index contributed by atoms with van der Waals surface area (Å²) in [5, 5.41) is 0. The van der Waals surface area contributed by atoms with E-state index in [4.69, 9.17) is 6.36 Å². The maximum atomic E-state index is 7.65. The van der Waals surface area contributed by atoms with Crippen LogP contribution >= 0.6 is 0 Å². The largest absolute Gasteiger partial charge is 0.294 e. The molecule has 0 radical (unpaired) electrons. The predicted octanol–water partition coefficient (Wildman–Crippen LogP) is 3.97. The molecular formula is C13H23N. The first-order valence-electron chi connectivity index (χ1n) is 6.88. The highest BCUT2D eigenvalue weighted by atomic mass is 14.8. The molecule has 0 bridgehead atoms. The molecule has 0 spiro atoms. The fourth-order valence-corrected chi connectivity index (χ4v) is 2.58. The molecule has 0 aromatic heterocycles. The average molecular weight is 194 g/mol. The van der Waals surface area contributed by atoms with E-state index < -0.39 is 0 Å². The smallest absolute Gasteiger partial charge is 0.0495 e. The van der Waals surface area contributed by atoms with Crippen molar-refractivity contribution in [2.45, 2.75) is 70.2 Å². The average Bonchev–Trinajstić information content (AvgIpc) is 2.30. The number of aliphatic imine (C=N–C) groups is 1. The molecule has 0 saturated heterocycles. The maximum absolute atomic E-state index is 7.65. The summed E-state index contributed by atoms with van der Waals surface area (Å²) < 4.78 is 7.65. The van der Waals surface area contributed by atoms with Gasteiger partial charge in [0.25, 0.3) is 0 Å². The van der Waals surface area contributed by atoms with Crippen molar-refractivity contribution >= 4 is 6.21 Å². The van der Waals surface area contributed by atoms with E-state index in [1.54, 1.807) is 0 Å². The van der Waals surface area contributed by atoms with Gasteiger partial charge in [0.05, 0.1) is 0 Å². The summed E-state index contributed by atoms with van der Waals surface area (Å²) in [6.45, 7) is 0. The van der Waals surface area contributed by atoms with Crippen LogP contribution in [-0.4, -0.2) is 12.3 Å². The Kier molecular flexibility index (Phi) is 3.53. The molecule has 1 heteroatoms. The normalized spacial score (nSPS) is 37.3. The Bertz CT molecular complexity index is 201. The summed E-state index contributed by atoms with van der Waals surface area (Å²) in [5.41, 5.74) is 0. The van der Waals surface area contributed by atoms with Gasteiger partial charge in [0.15, 0.2) is 0 Å². The van der Waals surface area contributed by atoms with E-state index in [1.807, 2.05) is 0 Å². The first-order valence-corrected chi connectivity index (χ1v) is 6.30. The van der Waals surface area contributed by atoms with Gasteiger partial charge in [-0.2, -0.15) is 0 Å². The summed E-state index contributed by atoms with van der Waals surface area (Å²) in [4.78, 5) is 4.75. The third-order valence-electron chi connectivity index (χ3n) is 3.57. The van der Waals surface area contributed by atoms with Crippen LogP contribution in [0, 0.1) is 5.92 Å². The molecule has 0 aliphatic heterocycles. The lowest BCUT2D eigenvalue weighted by Crippen LogP contribution is -2.13. The van der Waals surface area contributed by atoms with Gasteiger partial charge in [-0.05, 0) is 31.6 Å². The van der Waals surface area contributed by atoms with E-state index in [1.165, 1.54) is 44.9 Å². The molecule has 0 heterocycles. The SMILES string of the molecule is [2H]C1CCC(C=NC2CCCCC2)CC1. The molecule has 2 fully saturated rings. The fraction of sp³-hybridized carbons (Fsp3) is 0.923. The van der Waals surface area contributed by atoms with Crippen molar-refractivity contribution in [3.8, 4) is 0 Å². The zero-order chi connectivity index (χ0) is 10.5. The van der Waals surface area contributed by atoms with Crippen molar-refractivity contribution in [3.63, 3.8) is 0 Å². The molecular weight excluding hydrogens is 170 g/mol. The molecule has 2 saturated carbocycles. The summed E-state index contributed by atoms with van der Waals surface area (Å²) in [7, 11) is 0. The van der Waals surface area contributed by atoms with Crippen molar-refractivity contribution < 1.29 is 1.37 Å². The Morgan fingerprint density at radius 2 is 1.64 bits per heavy atom. The molecule has 0 aromatic rings. The summed E-state index contributed by atoms with van der Waals surface area (Å²) >= 11 is 0. The minimum Gasteiger partial charge on any atom is -0.294 e. The zero-order valence-corrected chi connectivity index (χ0v) is 9.12. The van der Waals surface area contributed by atoms with Crippen LogP contribution in [-0.2, 0) is 0 Å². The highest BCUT2D eigenvalue weighted by molar-refractivity contribution is 5.61. The molecule has 14 heavy (non-hydrogen) atoms.